The van der Waals surface area contributed by atoms with Crippen molar-refractivity contribution in [3.63, 3.8) is 0 Å². The Bertz CT molecular complexity index is 767. The summed E-state index contributed by atoms with van der Waals surface area (Å²) in [6.07, 6.45) is 2.16. The number of nitrogens with zero attached hydrogens (tertiary/aromatic N) is 2. The second kappa shape index (κ2) is 7.97. The highest BCUT2D eigenvalue weighted by Crippen LogP contribution is 2.26. The van der Waals surface area contributed by atoms with Crippen molar-refractivity contribution in [3.05, 3.63) is 47.0 Å². The summed E-state index contributed by atoms with van der Waals surface area (Å²) in [5, 5.41) is 15.3. The molecule has 1 aromatic carbocycles. The molecule has 0 radical (unpaired) electrons. The molecule has 2 amide bonds. The molecule has 138 valence electrons. The highest BCUT2D eigenvalue weighted by molar-refractivity contribution is 7.14. The third-order valence-electron chi connectivity index (χ3n) is 4.85. The number of likely N-dealkylation sites (tertiary alicyclic amines) is 1. The van der Waals surface area contributed by atoms with Crippen molar-refractivity contribution in [1.29, 1.82) is 0 Å². The summed E-state index contributed by atoms with van der Waals surface area (Å²) < 4.78 is 0. The number of nitrogens with one attached hydrogen (secondary N) is 1. The number of aromatic nitrogens is 1. The van der Waals surface area contributed by atoms with E-state index in [-0.39, 0.29) is 18.2 Å². The van der Waals surface area contributed by atoms with Crippen LogP contribution in [0.1, 0.15) is 42.2 Å². The Hall–Kier alpha value is -2.25. The molecule has 7 heteroatoms. The van der Waals surface area contributed by atoms with E-state index in [4.69, 9.17) is 0 Å². The van der Waals surface area contributed by atoms with E-state index in [0.29, 0.717) is 48.7 Å². The number of rotatable bonds is 5. The summed E-state index contributed by atoms with van der Waals surface area (Å²) in [7, 11) is 0. The predicted molar refractivity (Wildman–Crippen MR) is 101 cm³/mol. The first kappa shape index (κ1) is 18.5. The standard InChI is InChI=1S/C19H23N3O3S/c1-2-19(25)8-10-22(11-9-19)16(23)12-15-13-26-18(20-15)21-17(24)14-6-4-3-5-7-14/h3-7,13,25H,2,8-12H2,1H3,(H,20,21,24). The molecular weight excluding hydrogens is 350 g/mol. The molecule has 0 aliphatic carbocycles. The third kappa shape index (κ3) is 4.47. The monoisotopic (exact) mass is 373 g/mol. The van der Waals surface area contributed by atoms with E-state index in [0.717, 1.165) is 0 Å². The van der Waals surface area contributed by atoms with Crippen molar-refractivity contribution in [3.8, 4) is 0 Å². The molecular formula is C19H23N3O3S. The minimum Gasteiger partial charge on any atom is -0.390 e. The average molecular weight is 373 g/mol. The van der Waals surface area contributed by atoms with Crippen molar-refractivity contribution >= 4 is 28.3 Å². The lowest BCUT2D eigenvalue weighted by atomic mass is 9.89. The van der Waals surface area contributed by atoms with Crippen LogP contribution < -0.4 is 5.32 Å². The second-order valence-corrected chi connectivity index (χ2v) is 7.46. The van der Waals surface area contributed by atoms with Crippen LogP contribution in [0.4, 0.5) is 5.13 Å². The van der Waals surface area contributed by atoms with Crippen LogP contribution >= 0.6 is 11.3 Å². The molecule has 1 aliphatic heterocycles. The Morgan fingerprint density at radius 1 is 1.27 bits per heavy atom. The highest BCUT2D eigenvalue weighted by Gasteiger charge is 2.32. The minimum absolute atomic E-state index is 0.00869. The van der Waals surface area contributed by atoms with Gasteiger partial charge in [-0.15, -0.1) is 11.3 Å². The van der Waals surface area contributed by atoms with Crippen LogP contribution in [0.3, 0.4) is 0 Å². The Balaban J connectivity index is 1.54. The van der Waals surface area contributed by atoms with Gasteiger partial charge in [-0.05, 0) is 31.4 Å². The van der Waals surface area contributed by atoms with Gasteiger partial charge in [0.1, 0.15) is 0 Å². The van der Waals surface area contributed by atoms with Crippen LogP contribution in [0.5, 0.6) is 0 Å². The molecule has 1 aromatic heterocycles. The summed E-state index contributed by atoms with van der Waals surface area (Å²) in [6.45, 7) is 3.12. The van der Waals surface area contributed by atoms with Gasteiger partial charge in [0.25, 0.3) is 5.91 Å². The highest BCUT2D eigenvalue weighted by atomic mass is 32.1. The van der Waals surface area contributed by atoms with E-state index < -0.39 is 5.60 Å². The first-order valence-corrected chi connectivity index (χ1v) is 9.68. The Morgan fingerprint density at radius 2 is 1.96 bits per heavy atom. The first-order valence-electron chi connectivity index (χ1n) is 8.80. The molecule has 1 saturated heterocycles. The Morgan fingerprint density at radius 3 is 2.62 bits per heavy atom. The van der Waals surface area contributed by atoms with Crippen LogP contribution in [0.25, 0.3) is 0 Å². The van der Waals surface area contributed by atoms with Gasteiger partial charge in [0.05, 0.1) is 17.7 Å². The number of piperidine rings is 1. The number of hydrogen-bond donors (Lipinski definition) is 2. The minimum atomic E-state index is -0.633. The molecule has 0 saturated carbocycles. The van der Waals surface area contributed by atoms with Gasteiger partial charge in [-0.3, -0.25) is 14.9 Å². The van der Waals surface area contributed by atoms with E-state index >= 15 is 0 Å². The van der Waals surface area contributed by atoms with E-state index in [1.165, 1.54) is 11.3 Å². The normalized spacial score (nSPS) is 16.3. The fourth-order valence-corrected chi connectivity index (χ4v) is 3.70. The van der Waals surface area contributed by atoms with E-state index in [2.05, 4.69) is 10.3 Å². The number of carbonyl (C=O) groups is 2. The van der Waals surface area contributed by atoms with Crippen LogP contribution in [0, 0.1) is 0 Å². The molecule has 2 heterocycles. The molecule has 26 heavy (non-hydrogen) atoms. The lowest BCUT2D eigenvalue weighted by Crippen LogP contribution is -2.46. The maximum atomic E-state index is 12.4. The van der Waals surface area contributed by atoms with Gasteiger partial charge in [0.15, 0.2) is 5.13 Å². The maximum Gasteiger partial charge on any atom is 0.257 e. The smallest absolute Gasteiger partial charge is 0.257 e. The van der Waals surface area contributed by atoms with Gasteiger partial charge < -0.3 is 10.0 Å². The molecule has 0 unspecified atom stereocenters. The number of anilines is 1. The zero-order valence-electron chi connectivity index (χ0n) is 14.8. The van der Waals surface area contributed by atoms with Gasteiger partial charge >= 0.3 is 0 Å². The Labute approximate surface area is 156 Å². The van der Waals surface area contributed by atoms with Gasteiger partial charge in [-0.2, -0.15) is 0 Å². The molecule has 0 atom stereocenters. The molecule has 3 rings (SSSR count). The molecule has 0 bridgehead atoms. The number of amides is 2. The molecule has 6 nitrogen and oxygen atoms in total. The van der Waals surface area contributed by atoms with Gasteiger partial charge in [0, 0.05) is 24.0 Å². The van der Waals surface area contributed by atoms with Crippen molar-refractivity contribution < 1.29 is 14.7 Å². The summed E-state index contributed by atoms with van der Waals surface area (Å²) in [5.74, 6) is -0.206. The summed E-state index contributed by atoms with van der Waals surface area (Å²) in [6, 6.07) is 8.94. The Kier molecular flexibility index (Phi) is 5.68. The zero-order valence-corrected chi connectivity index (χ0v) is 15.6. The number of carbonyl (C=O) groups excluding carboxylic acids is 2. The maximum absolute atomic E-state index is 12.4. The van der Waals surface area contributed by atoms with Crippen LogP contribution in [0.2, 0.25) is 0 Å². The topological polar surface area (TPSA) is 82.5 Å². The number of aliphatic hydroxyl groups is 1. The fourth-order valence-electron chi connectivity index (χ4n) is 3.00. The van der Waals surface area contributed by atoms with Gasteiger partial charge in [0.2, 0.25) is 5.91 Å². The molecule has 1 aliphatic rings. The largest absolute Gasteiger partial charge is 0.390 e. The van der Waals surface area contributed by atoms with Crippen LogP contribution in [0.15, 0.2) is 35.7 Å². The molecule has 0 spiro atoms. The lowest BCUT2D eigenvalue weighted by molar-refractivity contribution is -0.134. The van der Waals surface area contributed by atoms with E-state index in [9.17, 15) is 14.7 Å². The van der Waals surface area contributed by atoms with E-state index in [1.54, 1.807) is 34.5 Å². The van der Waals surface area contributed by atoms with Crippen molar-refractivity contribution in [2.45, 2.75) is 38.2 Å². The van der Waals surface area contributed by atoms with Crippen molar-refractivity contribution in [1.82, 2.24) is 9.88 Å². The number of hydrogen-bond acceptors (Lipinski definition) is 5. The van der Waals surface area contributed by atoms with E-state index in [1.807, 2.05) is 13.0 Å². The quantitative estimate of drug-likeness (QED) is 0.844. The van der Waals surface area contributed by atoms with Gasteiger partial charge in [-0.1, -0.05) is 25.1 Å². The molecule has 2 N–H and O–H groups in total. The summed E-state index contributed by atoms with van der Waals surface area (Å²) in [5.41, 5.74) is 0.587. The summed E-state index contributed by atoms with van der Waals surface area (Å²) >= 11 is 1.31. The second-order valence-electron chi connectivity index (χ2n) is 6.60. The number of thiazole rings is 1. The van der Waals surface area contributed by atoms with Crippen LogP contribution in [-0.2, 0) is 11.2 Å². The van der Waals surface area contributed by atoms with Gasteiger partial charge in [-0.25, -0.2) is 4.98 Å². The SMILES string of the molecule is CCC1(O)CCN(C(=O)Cc2csc(NC(=O)c3ccccc3)n2)CC1. The fraction of sp³-hybridized carbons (Fsp3) is 0.421. The lowest BCUT2D eigenvalue weighted by Gasteiger charge is -2.37. The zero-order chi connectivity index (χ0) is 18.6. The summed E-state index contributed by atoms with van der Waals surface area (Å²) in [4.78, 5) is 30.7. The number of benzene rings is 1. The molecule has 2 aromatic rings. The average Bonchev–Trinajstić information content (AvgIpc) is 3.09. The third-order valence-corrected chi connectivity index (χ3v) is 5.65. The van der Waals surface area contributed by atoms with Crippen molar-refractivity contribution in [2.24, 2.45) is 0 Å². The predicted octanol–water partition coefficient (Wildman–Crippen LogP) is 2.70. The van der Waals surface area contributed by atoms with Crippen molar-refractivity contribution in [2.75, 3.05) is 18.4 Å². The van der Waals surface area contributed by atoms with Crippen LogP contribution in [-0.4, -0.2) is 45.5 Å². The first-order chi connectivity index (χ1) is 12.5. The molecule has 1 fully saturated rings.